The van der Waals surface area contributed by atoms with Crippen LogP contribution in [-0.2, 0) is 14.3 Å². The molecule has 2 heterocycles. The van der Waals surface area contributed by atoms with Gasteiger partial charge in [-0.25, -0.2) is 14.1 Å². The molecule has 2 unspecified atom stereocenters. The van der Waals surface area contributed by atoms with Gasteiger partial charge in [-0.3, -0.25) is 9.59 Å². The highest BCUT2D eigenvalue weighted by molar-refractivity contribution is 7.13. The summed E-state index contributed by atoms with van der Waals surface area (Å²) in [4.78, 5) is 29.9. The summed E-state index contributed by atoms with van der Waals surface area (Å²) >= 11 is 1.31. The number of thiazole rings is 1. The largest absolute Gasteiger partial charge is 0.465 e. The van der Waals surface area contributed by atoms with Crippen LogP contribution in [0.15, 0.2) is 90.6 Å². The summed E-state index contributed by atoms with van der Waals surface area (Å²) in [6, 6.07) is 21.7. The second-order valence-corrected chi connectivity index (χ2v) is 10.1. The van der Waals surface area contributed by atoms with Gasteiger partial charge in [0.25, 0.3) is 0 Å². The number of nitrogens with zero attached hydrogens (tertiary/aromatic N) is 3. The zero-order chi connectivity index (χ0) is 26.7. The number of amides is 1. The molecule has 1 amide bonds. The van der Waals surface area contributed by atoms with E-state index in [0.29, 0.717) is 5.13 Å². The van der Waals surface area contributed by atoms with Gasteiger partial charge in [0.2, 0.25) is 5.91 Å². The van der Waals surface area contributed by atoms with Crippen LogP contribution in [0.1, 0.15) is 30.9 Å². The second-order valence-electron chi connectivity index (χ2n) is 9.18. The molecule has 0 aliphatic carbocycles. The van der Waals surface area contributed by atoms with Gasteiger partial charge in [0.05, 0.1) is 22.8 Å². The summed E-state index contributed by atoms with van der Waals surface area (Å²) in [7, 11) is 0. The third kappa shape index (κ3) is 5.05. The molecule has 2 aromatic heterocycles. The van der Waals surface area contributed by atoms with Crippen molar-refractivity contribution in [1.29, 1.82) is 0 Å². The molecular weight excluding hydrogens is 503 g/mol. The number of hydrogen-bond acceptors (Lipinski definition) is 6. The van der Waals surface area contributed by atoms with Crippen molar-refractivity contribution >= 4 is 39.2 Å². The molecule has 0 aliphatic heterocycles. The number of esters is 1. The Kier molecular flexibility index (Phi) is 7.02. The van der Waals surface area contributed by atoms with Crippen molar-refractivity contribution in [2.24, 2.45) is 5.41 Å². The van der Waals surface area contributed by atoms with Gasteiger partial charge in [-0.15, -0.1) is 11.3 Å². The summed E-state index contributed by atoms with van der Waals surface area (Å²) < 4.78 is 20.7. The first-order valence-electron chi connectivity index (χ1n) is 12.0. The second kappa shape index (κ2) is 10.5. The lowest BCUT2D eigenvalue weighted by atomic mass is 9.69. The molecule has 5 aromatic rings. The topological polar surface area (TPSA) is 86.1 Å². The molecule has 0 saturated carbocycles. The van der Waals surface area contributed by atoms with E-state index in [-0.39, 0.29) is 18.3 Å². The first-order valence-corrected chi connectivity index (χ1v) is 12.9. The fraction of sp³-hybridized carbons (Fsp3) is 0.172. The number of halogens is 1. The highest BCUT2D eigenvalue weighted by Gasteiger charge is 2.44. The van der Waals surface area contributed by atoms with E-state index in [1.165, 1.54) is 30.4 Å². The third-order valence-corrected chi connectivity index (χ3v) is 7.20. The Hall–Kier alpha value is -4.37. The lowest BCUT2D eigenvalue weighted by Crippen LogP contribution is -2.43. The Morgan fingerprint density at radius 3 is 2.53 bits per heavy atom. The molecule has 3 aromatic carbocycles. The van der Waals surface area contributed by atoms with E-state index in [1.54, 1.807) is 41.5 Å². The molecule has 5 rings (SSSR count). The predicted molar refractivity (Wildman–Crippen MR) is 145 cm³/mol. The van der Waals surface area contributed by atoms with Crippen LogP contribution in [0.3, 0.4) is 0 Å². The Labute approximate surface area is 222 Å². The zero-order valence-corrected chi connectivity index (χ0v) is 21.6. The number of carbonyl (C=O) groups excluding carboxylic acids is 2. The van der Waals surface area contributed by atoms with Crippen LogP contribution in [0.25, 0.3) is 16.6 Å². The molecule has 7 nitrogen and oxygen atoms in total. The van der Waals surface area contributed by atoms with Crippen molar-refractivity contribution in [2.45, 2.75) is 19.8 Å². The molecule has 9 heteroatoms. The molecule has 38 heavy (non-hydrogen) atoms. The fourth-order valence-corrected chi connectivity index (χ4v) is 5.17. The van der Waals surface area contributed by atoms with E-state index in [4.69, 9.17) is 4.74 Å². The maximum absolute atomic E-state index is 13.8. The number of anilines is 1. The van der Waals surface area contributed by atoms with Crippen molar-refractivity contribution in [2.75, 3.05) is 11.9 Å². The van der Waals surface area contributed by atoms with Crippen molar-refractivity contribution in [1.82, 2.24) is 14.8 Å². The van der Waals surface area contributed by atoms with Crippen molar-refractivity contribution in [3.63, 3.8) is 0 Å². The van der Waals surface area contributed by atoms with Crippen LogP contribution in [0.4, 0.5) is 9.52 Å². The Bertz CT molecular complexity index is 1570. The highest BCUT2D eigenvalue weighted by Crippen LogP contribution is 2.43. The Balaban J connectivity index is 1.62. The molecule has 0 aliphatic rings. The quantitative estimate of drug-likeness (QED) is 0.251. The molecular formula is C29H25FN4O3S. The van der Waals surface area contributed by atoms with Gasteiger partial charge in [0, 0.05) is 29.8 Å². The van der Waals surface area contributed by atoms with Crippen LogP contribution in [-0.4, -0.2) is 33.2 Å². The number of ether oxygens (including phenoxy) is 1. The standard InChI is InChI=1S/C29H25FN4O3S/c1-19(35)37-18-29(2,27(36)33-28-31-14-15-38-28)26(20-6-4-3-5-7-20)21-8-13-25-22(16-21)17-32-34(25)24-11-9-23(30)10-12-24/h3-17,26H,18H2,1-2H3,(H,31,33,36). The van der Waals surface area contributed by atoms with Gasteiger partial charge in [-0.2, -0.15) is 5.10 Å². The van der Waals surface area contributed by atoms with Crippen LogP contribution in [0.2, 0.25) is 0 Å². The van der Waals surface area contributed by atoms with E-state index in [9.17, 15) is 14.0 Å². The summed E-state index contributed by atoms with van der Waals surface area (Å²) in [5, 5.41) is 10.5. The predicted octanol–water partition coefficient (Wildman–Crippen LogP) is 5.96. The van der Waals surface area contributed by atoms with Crippen LogP contribution in [0, 0.1) is 11.2 Å². The molecule has 0 spiro atoms. The van der Waals surface area contributed by atoms with E-state index in [0.717, 1.165) is 27.7 Å². The summed E-state index contributed by atoms with van der Waals surface area (Å²) in [6.45, 7) is 2.99. The molecule has 0 bridgehead atoms. The van der Waals surface area contributed by atoms with Gasteiger partial charge in [0.15, 0.2) is 5.13 Å². The van der Waals surface area contributed by atoms with Crippen LogP contribution >= 0.6 is 11.3 Å². The normalized spacial score (nSPS) is 13.6. The minimum atomic E-state index is -1.18. The lowest BCUT2D eigenvalue weighted by molar-refractivity contribution is -0.147. The van der Waals surface area contributed by atoms with Crippen molar-refractivity contribution < 1.29 is 18.7 Å². The average molecular weight is 529 g/mol. The van der Waals surface area contributed by atoms with E-state index in [2.05, 4.69) is 15.4 Å². The van der Waals surface area contributed by atoms with Crippen LogP contribution in [0.5, 0.6) is 0 Å². The monoisotopic (exact) mass is 528 g/mol. The van der Waals surface area contributed by atoms with E-state index < -0.39 is 17.3 Å². The number of fused-ring (bicyclic) bond motifs is 1. The van der Waals surface area contributed by atoms with Gasteiger partial charge < -0.3 is 10.1 Å². The number of aromatic nitrogens is 3. The van der Waals surface area contributed by atoms with Gasteiger partial charge in [0.1, 0.15) is 12.4 Å². The molecule has 192 valence electrons. The smallest absolute Gasteiger partial charge is 0.302 e. The number of carbonyl (C=O) groups is 2. The minimum absolute atomic E-state index is 0.133. The highest BCUT2D eigenvalue weighted by atomic mass is 32.1. The molecule has 0 fully saturated rings. The molecule has 0 radical (unpaired) electrons. The average Bonchev–Trinajstić information content (AvgIpc) is 3.58. The minimum Gasteiger partial charge on any atom is -0.465 e. The zero-order valence-electron chi connectivity index (χ0n) is 20.8. The van der Waals surface area contributed by atoms with E-state index in [1.807, 2.05) is 48.5 Å². The molecule has 1 N–H and O–H groups in total. The maximum atomic E-state index is 13.8. The SMILES string of the molecule is CC(=O)OCC(C)(C(=O)Nc1nccs1)C(c1ccccc1)c1ccc2c(cnn2-c2ccc(F)cc2)c1. The van der Waals surface area contributed by atoms with Gasteiger partial charge >= 0.3 is 5.97 Å². The van der Waals surface area contributed by atoms with Gasteiger partial charge in [-0.1, -0.05) is 36.4 Å². The third-order valence-electron chi connectivity index (χ3n) is 6.51. The van der Waals surface area contributed by atoms with E-state index >= 15 is 0 Å². The first kappa shape index (κ1) is 25.3. The summed E-state index contributed by atoms with van der Waals surface area (Å²) in [5.41, 5.74) is 2.13. The van der Waals surface area contributed by atoms with Gasteiger partial charge in [-0.05, 0) is 54.4 Å². The van der Waals surface area contributed by atoms with Crippen molar-refractivity contribution in [3.8, 4) is 5.69 Å². The van der Waals surface area contributed by atoms with Crippen LogP contribution < -0.4 is 5.32 Å². The Morgan fingerprint density at radius 2 is 1.84 bits per heavy atom. The number of benzene rings is 3. The lowest BCUT2D eigenvalue weighted by Gasteiger charge is -2.36. The first-order chi connectivity index (χ1) is 18.3. The number of rotatable bonds is 8. The number of hydrogen-bond donors (Lipinski definition) is 1. The molecule has 0 saturated heterocycles. The molecule has 2 atom stereocenters. The fourth-order valence-electron chi connectivity index (χ4n) is 4.65. The maximum Gasteiger partial charge on any atom is 0.302 e. The van der Waals surface area contributed by atoms with Crippen molar-refractivity contribution in [3.05, 3.63) is 108 Å². The number of nitrogens with one attached hydrogen (secondary N) is 1. The Morgan fingerprint density at radius 1 is 1.08 bits per heavy atom. The summed E-state index contributed by atoms with van der Waals surface area (Å²) in [5.74, 6) is -1.58. The summed E-state index contributed by atoms with van der Waals surface area (Å²) in [6.07, 6.45) is 3.36.